The molecule has 16 heavy (non-hydrogen) atoms. The van der Waals surface area contributed by atoms with Crippen molar-refractivity contribution in [2.24, 2.45) is 5.16 Å². The Morgan fingerprint density at radius 3 is 2.94 bits per heavy atom. The maximum Gasteiger partial charge on any atom is 0.323 e. The van der Waals surface area contributed by atoms with Crippen LogP contribution < -0.4 is 0 Å². The molecule has 1 aromatic heterocycles. The Hall–Kier alpha value is -1.78. The molecule has 1 aliphatic carbocycles. The molecule has 2 N–H and O–H groups in total. The first-order chi connectivity index (χ1) is 7.63. The molecule has 0 radical (unpaired) electrons. The molecule has 2 rings (SSSR count). The Kier molecular flexibility index (Phi) is 2.68. The molecule has 0 aliphatic heterocycles. The van der Waals surface area contributed by atoms with Crippen molar-refractivity contribution < 1.29 is 15.1 Å². The van der Waals surface area contributed by atoms with Crippen molar-refractivity contribution >= 4 is 11.7 Å². The number of oxime groups is 1. The van der Waals surface area contributed by atoms with Crippen LogP contribution in [0.1, 0.15) is 29.8 Å². The highest BCUT2D eigenvalue weighted by molar-refractivity contribution is 6.02. The summed E-state index contributed by atoms with van der Waals surface area (Å²) in [6.45, 7) is 1.84. The van der Waals surface area contributed by atoms with Gasteiger partial charge in [0.15, 0.2) is 0 Å². The van der Waals surface area contributed by atoms with E-state index >= 15 is 0 Å². The van der Waals surface area contributed by atoms with Crippen LogP contribution in [0.3, 0.4) is 0 Å². The van der Waals surface area contributed by atoms with Gasteiger partial charge in [0.1, 0.15) is 6.54 Å². The summed E-state index contributed by atoms with van der Waals surface area (Å²) in [5.74, 6) is -0.852. The van der Waals surface area contributed by atoms with Crippen LogP contribution >= 0.6 is 0 Å². The summed E-state index contributed by atoms with van der Waals surface area (Å²) in [5.41, 5.74) is 3.43. The fraction of sp³-hybridized carbons (Fsp3) is 0.455. The minimum Gasteiger partial charge on any atom is -0.480 e. The maximum atomic E-state index is 10.8. The van der Waals surface area contributed by atoms with Crippen LogP contribution in [0.2, 0.25) is 0 Å². The highest BCUT2D eigenvalue weighted by atomic mass is 16.4. The number of rotatable bonds is 2. The lowest BCUT2D eigenvalue weighted by molar-refractivity contribution is -0.137. The van der Waals surface area contributed by atoms with E-state index in [4.69, 9.17) is 10.3 Å². The fourth-order valence-electron chi connectivity index (χ4n) is 2.27. The van der Waals surface area contributed by atoms with E-state index < -0.39 is 5.97 Å². The largest absolute Gasteiger partial charge is 0.480 e. The molecule has 1 aliphatic rings. The van der Waals surface area contributed by atoms with Crippen LogP contribution in [-0.4, -0.2) is 26.6 Å². The minimum absolute atomic E-state index is 0.0279. The SMILES string of the molecule is Cc1cc2c(n1CC(=O)O)CCC/C2=N\O. The Labute approximate surface area is 93.0 Å². The molecule has 0 unspecified atom stereocenters. The molecule has 0 saturated heterocycles. The molecule has 0 amide bonds. The Morgan fingerprint density at radius 2 is 2.31 bits per heavy atom. The summed E-state index contributed by atoms with van der Waals surface area (Å²) in [6.07, 6.45) is 2.49. The van der Waals surface area contributed by atoms with Crippen molar-refractivity contribution in [2.45, 2.75) is 32.7 Å². The monoisotopic (exact) mass is 222 g/mol. The van der Waals surface area contributed by atoms with Crippen molar-refractivity contribution in [1.82, 2.24) is 4.57 Å². The van der Waals surface area contributed by atoms with Gasteiger partial charge in [0.25, 0.3) is 0 Å². The standard InChI is InChI=1S/C11H14N2O3/c1-7-5-8-9(12-16)3-2-4-10(8)13(7)6-11(14)15/h5,16H,2-4,6H2,1H3,(H,14,15)/b12-9+. The summed E-state index contributed by atoms with van der Waals surface area (Å²) >= 11 is 0. The molecule has 86 valence electrons. The average Bonchev–Trinajstić information content (AvgIpc) is 2.55. The zero-order valence-corrected chi connectivity index (χ0v) is 9.10. The Balaban J connectivity index is 2.48. The first-order valence-electron chi connectivity index (χ1n) is 5.25. The van der Waals surface area contributed by atoms with Crippen LogP contribution in [0.15, 0.2) is 11.2 Å². The second kappa shape index (κ2) is 4.00. The summed E-state index contributed by atoms with van der Waals surface area (Å²) < 4.78 is 1.78. The quantitative estimate of drug-likeness (QED) is 0.586. The van der Waals surface area contributed by atoms with Crippen LogP contribution in [0.4, 0.5) is 0 Å². The topological polar surface area (TPSA) is 74.8 Å². The normalized spacial score (nSPS) is 17.4. The summed E-state index contributed by atoms with van der Waals surface area (Å²) in [6, 6.07) is 1.90. The predicted molar refractivity (Wildman–Crippen MR) is 58.1 cm³/mol. The molecule has 1 heterocycles. The minimum atomic E-state index is -0.852. The lowest BCUT2D eigenvalue weighted by Crippen LogP contribution is -2.17. The van der Waals surface area contributed by atoms with Gasteiger partial charge < -0.3 is 14.9 Å². The maximum absolute atomic E-state index is 10.8. The highest BCUT2D eigenvalue weighted by Crippen LogP contribution is 2.25. The van der Waals surface area contributed by atoms with Gasteiger partial charge in [-0.25, -0.2) is 0 Å². The number of hydrogen-bond acceptors (Lipinski definition) is 3. The Bertz CT molecular complexity index is 460. The van der Waals surface area contributed by atoms with Gasteiger partial charge in [0, 0.05) is 17.0 Å². The van der Waals surface area contributed by atoms with Crippen LogP contribution in [0.5, 0.6) is 0 Å². The van der Waals surface area contributed by atoms with Gasteiger partial charge >= 0.3 is 5.97 Å². The van der Waals surface area contributed by atoms with E-state index in [-0.39, 0.29) is 6.54 Å². The van der Waals surface area contributed by atoms with Crippen LogP contribution in [0.25, 0.3) is 0 Å². The second-order valence-electron chi connectivity index (χ2n) is 4.03. The molecule has 1 aromatic rings. The van der Waals surface area contributed by atoms with Crippen molar-refractivity contribution in [3.05, 3.63) is 23.0 Å². The molecule has 0 aromatic carbocycles. The molecular weight excluding hydrogens is 208 g/mol. The molecule has 0 spiro atoms. The van der Waals surface area contributed by atoms with Crippen molar-refractivity contribution in [3.8, 4) is 0 Å². The van der Waals surface area contributed by atoms with E-state index in [0.29, 0.717) is 5.71 Å². The van der Waals surface area contributed by atoms with Gasteiger partial charge in [-0.1, -0.05) is 5.16 Å². The van der Waals surface area contributed by atoms with E-state index in [1.807, 2.05) is 13.0 Å². The molecule has 0 bridgehead atoms. The van der Waals surface area contributed by atoms with Crippen molar-refractivity contribution in [3.63, 3.8) is 0 Å². The number of aromatic nitrogens is 1. The summed E-state index contributed by atoms with van der Waals surface area (Å²) in [7, 11) is 0. The third kappa shape index (κ3) is 1.68. The van der Waals surface area contributed by atoms with Gasteiger partial charge in [0.05, 0.1) is 5.71 Å². The van der Waals surface area contributed by atoms with Crippen LogP contribution in [0, 0.1) is 6.92 Å². The van der Waals surface area contributed by atoms with Gasteiger partial charge in [-0.3, -0.25) is 4.79 Å². The molecule has 5 heteroatoms. The van der Waals surface area contributed by atoms with Gasteiger partial charge in [-0.05, 0) is 32.3 Å². The highest BCUT2D eigenvalue weighted by Gasteiger charge is 2.22. The zero-order chi connectivity index (χ0) is 11.7. The van der Waals surface area contributed by atoms with Gasteiger partial charge in [-0.15, -0.1) is 0 Å². The number of aryl methyl sites for hydroxylation is 1. The predicted octanol–water partition coefficient (Wildman–Crippen LogP) is 1.40. The number of hydrogen-bond donors (Lipinski definition) is 2. The number of nitrogens with zero attached hydrogens (tertiary/aromatic N) is 2. The number of carboxylic acid groups (broad SMARTS) is 1. The first-order valence-corrected chi connectivity index (χ1v) is 5.25. The van der Waals surface area contributed by atoms with E-state index in [1.165, 1.54) is 0 Å². The molecule has 0 saturated carbocycles. The van der Waals surface area contributed by atoms with Crippen LogP contribution in [-0.2, 0) is 17.8 Å². The number of carboxylic acids is 1. The lowest BCUT2D eigenvalue weighted by atomic mass is 9.96. The second-order valence-corrected chi connectivity index (χ2v) is 4.03. The Morgan fingerprint density at radius 1 is 1.56 bits per heavy atom. The average molecular weight is 222 g/mol. The van der Waals surface area contributed by atoms with E-state index in [2.05, 4.69) is 5.16 Å². The summed E-state index contributed by atoms with van der Waals surface area (Å²) in [5, 5.41) is 21.0. The van der Waals surface area contributed by atoms with E-state index in [0.717, 1.165) is 36.2 Å². The fourth-order valence-corrected chi connectivity index (χ4v) is 2.27. The molecule has 5 nitrogen and oxygen atoms in total. The van der Waals surface area contributed by atoms with Crippen molar-refractivity contribution in [1.29, 1.82) is 0 Å². The number of carbonyl (C=O) groups is 1. The molecule has 0 atom stereocenters. The third-order valence-electron chi connectivity index (χ3n) is 2.97. The summed E-state index contributed by atoms with van der Waals surface area (Å²) in [4.78, 5) is 10.8. The first kappa shape index (κ1) is 10.7. The van der Waals surface area contributed by atoms with Gasteiger partial charge in [-0.2, -0.15) is 0 Å². The smallest absolute Gasteiger partial charge is 0.323 e. The van der Waals surface area contributed by atoms with Gasteiger partial charge in [0.2, 0.25) is 0 Å². The zero-order valence-electron chi connectivity index (χ0n) is 9.10. The number of aliphatic carboxylic acids is 1. The number of fused-ring (bicyclic) bond motifs is 1. The van der Waals surface area contributed by atoms with E-state index in [9.17, 15) is 4.79 Å². The molecular formula is C11H14N2O3. The molecule has 0 fully saturated rings. The third-order valence-corrected chi connectivity index (χ3v) is 2.97. The lowest BCUT2D eigenvalue weighted by Gasteiger charge is -2.15. The van der Waals surface area contributed by atoms with E-state index in [1.54, 1.807) is 4.57 Å². The van der Waals surface area contributed by atoms with Crippen molar-refractivity contribution in [2.75, 3.05) is 0 Å².